The monoisotopic (exact) mass is 367 g/mol. The van der Waals surface area contributed by atoms with Gasteiger partial charge in [-0.1, -0.05) is 5.16 Å². The van der Waals surface area contributed by atoms with Crippen LogP contribution in [0.4, 0.5) is 10.1 Å². The summed E-state index contributed by atoms with van der Waals surface area (Å²) in [4.78, 5) is 18.4. The molecule has 3 aromatic rings. The third-order valence-electron chi connectivity index (χ3n) is 4.69. The average molecular weight is 367 g/mol. The summed E-state index contributed by atoms with van der Waals surface area (Å²) in [7, 11) is 0. The Morgan fingerprint density at radius 2 is 1.89 bits per heavy atom. The number of anilines is 1. The van der Waals surface area contributed by atoms with Gasteiger partial charge in [-0.25, -0.2) is 4.39 Å². The fraction of sp³-hybridized carbons (Fsp3) is 0.211. The highest BCUT2D eigenvalue weighted by molar-refractivity contribution is 5.96. The molecule has 27 heavy (non-hydrogen) atoms. The minimum Gasteiger partial charge on any atom is -0.454 e. The van der Waals surface area contributed by atoms with Crippen LogP contribution in [-0.4, -0.2) is 29.4 Å². The first-order valence-corrected chi connectivity index (χ1v) is 8.47. The van der Waals surface area contributed by atoms with E-state index >= 15 is 0 Å². The van der Waals surface area contributed by atoms with E-state index in [4.69, 9.17) is 14.0 Å². The lowest BCUT2D eigenvalue weighted by atomic mass is 10.1. The van der Waals surface area contributed by atoms with Crippen molar-refractivity contribution < 1.29 is 23.2 Å². The molecule has 1 fully saturated rings. The van der Waals surface area contributed by atoms with Crippen LogP contribution >= 0.6 is 0 Å². The standard InChI is InChI=1S/C19H14FN3O4/c20-13-2-4-14(5-3-13)23-9-12(8-17(23)24)18-21-19(27-22-18)11-1-6-15-16(7-11)26-10-25-15/h1-7,12H,8-10H2/t12-/m0/s1. The smallest absolute Gasteiger partial charge is 0.258 e. The van der Waals surface area contributed by atoms with Crippen molar-refractivity contribution in [3.05, 3.63) is 54.1 Å². The van der Waals surface area contributed by atoms with Gasteiger partial charge in [-0.3, -0.25) is 4.79 Å². The zero-order valence-electron chi connectivity index (χ0n) is 14.1. The lowest BCUT2D eigenvalue weighted by Gasteiger charge is -2.15. The molecule has 1 saturated heterocycles. The molecule has 7 nitrogen and oxygen atoms in total. The number of ether oxygens (including phenoxy) is 2. The van der Waals surface area contributed by atoms with Crippen molar-refractivity contribution >= 4 is 11.6 Å². The van der Waals surface area contributed by atoms with Crippen molar-refractivity contribution in [1.82, 2.24) is 10.1 Å². The van der Waals surface area contributed by atoms with Gasteiger partial charge in [0.15, 0.2) is 17.3 Å². The number of hydrogen-bond acceptors (Lipinski definition) is 6. The topological polar surface area (TPSA) is 77.7 Å². The highest BCUT2D eigenvalue weighted by Gasteiger charge is 2.34. The first-order chi connectivity index (χ1) is 13.2. The molecule has 5 rings (SSSR count). The van der Waals surface area contributed by atoms with E-state index in [9.17, 15) is 9.18 Å². The Hall–Kier alpha value is -3.42. The molecule has 1 amide bonds. The molecular formula is C19H14FN3O4. The quantitative estimate of drug-likeness (QED) is 0.708. The molecule has 0 unspecified atom stereocenters. The fourth-order valence-corrected chi connectivity index (χ4v) is 3.30. The molecule has 2 aromatic carbocycles. The summed E-state index contributed by atoms with van der Waals surface area (Å²) in [6, 6.07) is 11.2. The van der Waals surface area contributed by atoms with Gasteiger partial charge in [0.05, 0.1) is 0 Å². The van der Waals surface area contributed by atoms with Gasteiger partial charge in [-0.15, -0.1) is 0 Å². The molecule has 0 bridgehead atoms. The maximum Gasteiger partial charge on any atom is 0.258 e. The first kappa shape index (κ1) is 15.8. The van der Waals surface area contributed by atoms with Crippen molar-refractivity contribution in [2.24, 2.45) is 0 Å². The molecular weight excluding hydrogens is 353 g/mol. The molecule has 1 atom stereocenters. The van der Waals surface area contributed by atoms with E-state index in [1.165, 1.54) is 12.1 Å². The molecule has 2 aliphatic heterocycles. The van der Waals surface area contributed by atoms with Crippen LogP contribution in [-0.2, 0) is 4.79 Å². The van der Waals surface area contributed by atoms with E-state index in [0.717, 1.165) is 5.56 Å². The van der Waals surface area contributed by atoms with Crippen LogP contribution < -0.4 is 14.4 Å². The predicted molar refractivity (Wildman–Crippen MR) is 92.0 cm³/mol. The minimum atomic E-state index is -0.339. The van der Waals surface area contributed by atoms with E-state index in [2.05, 4.69) is 10.1 Å². The number of aromatic nitrogens is 2. The van der Waals surface area contributed by atoms with E-state index < -0.39 is 0 Å². The number of fused-ring (bicyclic) bond motifs is 1. The van der Waals surface area contributed by atoms with Gasteiger partial charge in [-0.05, 0) is 42.5 Å². The van der Waals surface area contributed by atoms with Gasteiger partial charge in [-0.2, -0.15) is 4.98 Å². The molecule has 2 aliphatic rings. The first-order valence-electron chi connectivity index (χ1n) is 8.47. The number of nitrogens with zero attached hydrogens (tertiary/aromatic N) is 3. The van der Waals surface area contributed by atoms with Gasteiger partial charge >= 0.3 is 0 Å². The normalized spacial score (nSPS) is 18.3. The molecule has 1 aromatic heterocycles. The number of carbonyl (C=O) groups excluding carboxylic acids is 1. The van der Waals surface area contributed by atoms with Gasteiger partial charge < -0.3 is 18.9 Å². The van der Waals surface area contributed by atoms with Crippen molar-refractivity contribution in [1.29, 1.82) is 0 Å². The van der Waals surface area contributed by atoms with Crippen LogP contribution in [0, 0.1) is 5.82 Å². The third kappa shape index (κ3) is 2.79. The van der Waals surface area contributed by atoms with Crippen LogP contribution in [0.1, 0.15) is 18.2 Å². The van der Waals surface area contributed by atoms with Crippen molar-refractivity contribution in [3.8, 4) is 23.0 Å². The van der Waals surface area contributed by atoms with E-state index in [0.29, 0.717) is 35.4 Å². The molecule has 0 saturated carbocycles. The number of amides is 1. The van der Waals surface area contributed by atoms with Crippen LogP contribution in [0.5, 0.6) is 11.5 Å². The van der Waals surface area contributed by atoms with Gasteiger partial charge in [0.1, 0.15) is 5.82 Å². The second kappa shape index (κ2) is 6.08. The maximum atomic E-state index is 13.1. The van der Waals surface area contributed by atoms with Crippen LogP contribution in [0.25, 0.3) is 11.5 Å². The molecule has 0 N–H and O–H groups in total. The zero-order chi connectivity index (χ0) is 18.4. The van der Waals surface area contributed by atoms with E-state index in [-0.39, 0.29) is 30.9 Å². The number of carbonyl (C=O) groups is 1. The van der Waals surface area contributed by atoms with Crippen molar-refractivity contribution in [2.75, 3.05) is 18.2 Å². The fourth-order valence-electron chi connectivity index (χ4n) is 3.30. The Morgan fingerprint density at radius 3 is 2.74 bits per heavy atom. The number of hydrogen-bond donors (Lipinski definition) is 0. The number of rotatable bonds is 3. The highest BCUT2D eigenvalue weighted by Crippen LogP contribution is 2.36. The Morgan fingerprint density at radius 1 is 1.07 bits per heavy atom. The molecule has 3 heterocycles. The van der Waals surface area contributed by atoms with Crippen molar-refractivity contribution in [3.63, 3.8) is 0 Å². The van der Waals surface area contributed by atoms with Gasteiger partial charge in [0, 0.05) is 30.1 Å². The summed E-state index contributed by atoms with van der Waals surface area (Å²) in [5.41, 5.74) is 1.38. The van der Waals surface area contributed by atoms with E-state index in [1.54, 1.807) is 29.2 Å². The Bertz CT molecular complexity index is 1020. The average Bonchev–Trinajstić information content (AvgIpc) is 3.41. The molecule has 0 spiro atoms. The second-order valence-corrected chi connectivity index (χ2v) is 6.41. The molecule has 8 heteroatoms. The zero-order valence-corrected chi connectivity index (χ0v) is 14.1. The molecule has 136 valence electrons. The summed E-state index contributed by atoms with van der Waals surface area (Å²) in [5, 5.41) is 4.05. The SMILES string of the molecule is O=C1C[C@H](c2noc(-c3ccc4c(c3)OCO4)n2)CN1c1ccc(F)cc1. The van der Waals surface area contributed by atoms with Gasteiger partial charge in [0.2, 0.25) is 12.7 Å². The van der Waals surface area contributed by atoms with Crippen molar-refractivity contribution in [2.45, 2.75) is 12.3 Å². The largest absolute Gasteiger partial charge is 0.454 e. The summed E-state index contributed by atoms with van der Waals surface area (Å²) < 4.78 is 29.1. The number of benzene rings is 2. The Kier molecular flexibility index (Phi) is 3.56. The van der Waals surface area contributed by atoms with Crippen LogP contribution in [0.2, 0.25) is 0 Å². The van der Waals surface area contributed by atoms with Gasteiger partial charge in [0.25, 0.3) is 5.89 Å². The minimum absolute atomic E-state index is 0.0546. The summed E-state index contributed by atoms with van der Waals surface area (Å²) in [6.45, 7) is 0.613. The molecule has 0 aliphatic carbocycles. The third-order valence-corrected chi connectivity index (χ3v) is 4.69. The summed E-state index contributed by atoms with van der Waals surface area (Å²) in [6.07, 6.45) is 0.275. The second-order valence-electron chi connectivity index (χ2n) is 6.41. The predicted octanol–water partition coefficient (Wildman–Crippen LogP) is 3.12. The lowest BCUT2D eigenvalue weighted by Crippen LogP contribution is -2.24. The Balaban J connectivity index is 1.37. The molecule has 0 radical (unpaired) electrons. The number of halogens is 1. The highest BCUT2D eigenvalue weighted by atomic mass is 19.1. The summed E-state index contributed by atoms with van der Waals surface area (Å²) >= 11 is 0. The summed E-state index contributed by atoms with van der Waals surface area (Å²) in [5.74, 6) is 1.56. The Labute approximate surface area is 153 Å². The lowest BCUT2D eigenvalue weighted by molar-refractivity contribution is -0.117. The maximum absolute atomic E-state index is 13.1. The van der Waals surface area contributed by atoms with Crippen LogP contribution in [0.3, 0.4) is 0 Å². The van der Waals surface area contributed by atoms with E-state index in [1.807, 2.05) is 6.07 Å². The van der Waals surface area contributed by atoms with Crippen LogP contribution in [0.15, 0.2) is 47.0 Å².